The quantitative estimate of drug-likeness (QED) is 0.840. The minimum atomic E-state index is 0.169. The molecule has 0 aliphatic rings. The number of hydrogen-bond acceptors (Lipinski definition) is 5. The van der Waals surface area contributed by atoms with E-state index in [4.69, 9.17) is 15.7 Å². The Morgan fingerprint density at radius 1 is 1.35 bits per heavy atom. The number of nitrogen functional groups attached to an aromatic ring is 1. The maximum Gasteiger partial charge on any atom is 0.223 e. The molecular weight excluding hydrogens is 216 g/mol. The monoisotopic (exact) mass is 226 g/mol. The molecular formula is C12H10N4O. The zero-order valence-electron chi connectivity index (χ0n) is 9.21. The molecule has 2 aromatic rings. The van der Waals surface area contributed by atoms with Crippen LogP contribution >= 0.6 is 0 Å². The minimum Gasteiger partial charge on any atom is -0.480 e. The third-order valence-corrected chi connectivity index (χ3v) is 2.32. The summed E-state index contributed by atoms with van der Waals surface area (Å²) in [6.07, 6.45) is 3.33. The van der Waals surface area contributed by atoms with Crippen molar-refractivity contribution in [2.75, 3.05) is 12.8 Å². The maximum absolute atomic E-state index is 8.93. The van der Waals surface area contributed by atoms with Gasteiger partial charge in [-0.1, -0.05) is 0 Å². The second-order valence-electron chi connectivity index (χ2n) is 3.33. The molecule has 0 atom stereocenters. The van der Waals surface area contributed by atoms with Gasteiger partial charge in [0.2, 0.25) is 5.88 Å². The van der Waals surface area contributed by atoms with Crippen LogP contribution in [-0.2, 0) is 0 Å². The summed E-state index contributed by atoms with van der Waals surface area (Å²) in [5.41, 5.74) is 7.56. The summed E-state index contributed by atoms with van der Waals surface area (Å²) in [6, 6.07) is 7.29. The lowest BCUT2D eigenvalue weighted by atomic mass is 10.1. The molecule has 2 rings (SSSR count). The van der Waals surface area contributed by atoms with Crippen molar-refractivity contribution in [3.05, 3.63) is 36.2 Å². The highest BCUT2D eigenvalue weighted by Gasteiger charge is 2.11. The lowest BCUT2D eigenvalue weighted by molar-refractivity contribution is 0.400. The van der Waals surface area contributed by atoms with E-state index in [1.54, 1.807) is 18.5 Å². The fourth-order valence-electron chi connectivity index (χ4n) is 1.49. The SMILES string of the molecule is COc1nc(N)c(C#N)cc1-c1ccncc1. The van der Waals surface area contributed by atoms with Crippen molar-refractivity contribution in [3.8, 4) is 23.1 Å². The van der Waals surface area contributed by atoms with Gasteiger partial charge in [-0.3, -0.25) is 4.98 Å². The number of methoxy groups -OCH3 is 1. The van der Waals surface area contributed by atoms with Gasteiger partial charge in [-0.05, 0) is 23.8 Å². The van der Waals surface area contributed by atoms with E-state index in [9.17, 15) is 0 Å². The molecule has 2 N–H and O–H groups in total. The molecule has 84 valence electrons. The van der Waals surface area contributed by atoms with Gasteiger partial charge in [0.1, 0.15) is 11.9 Å². The lowest BCUT2D eigenvalue weighted by Crippen LogP contribution is -1.99. The smallest absolute Gasteiger partial charge is 0.223 e. The predicted molar refractivity (Wildman–Crippen MR) is 63.1 cm³/mol. The Bertz CT molecular complexity index is 575. The van der Waals surface area contributed by atoms with Gasteiger partial charge in [-0.15, -0.1) is 0 Å². The zero-order valence-corrected chi connectivity index (χ0v) is 9.21. The number of ether oxygens (including phenoxy) is 1. The highest BCUT2D eigenvalue weighted by atomic mass is 16.5. The molecule has 0 aromatic carbocycles. The van der Waals surface area contributed by atoms with Crippen molar-refractivity contribution < 1.29 is 4.74 Å². The first-order chi connectivity index (χ1) is 8.26. The molecule has 2 heterocycles. The molecule has 0 spiro atoms. The van der Waals surface area contributed by atoms with Crippen LogP contribution in [0.25, 0.3) is 11.1 Å². The van der Waals surface area contributed by atoms with Gasteiger partial charge >= 0.3 is 0 Å². The number of aromatic nitrogens is 2. The summed E-state index contributed by atoms with van der Waals surface area (Å²) in [7, 11) is 1.51. The fourth-order valence-corrected chi connectivity index (χ4v) is 1.49. The van der Waals surface area contributed by atoms with E-state index in [2.05, 4.69) is 9.97 Å². The summed E-state index contributed by atoms with van der Waals surface area (Å²) < 4.78 is 5.16. The summed E-state index contributed by atoms with van der Waals surface area (Å²) in [5.74, 6) is 0.565. The number of rotatable bonds is 2. The number of anilines is 1. The number of pyridine rings is 2. The van der Waals surface area contributed by atoms with Crippen LogP contribution in [0.3, 0.4) is 0 Å². The highest BCUT2D eigenvalue weighted by molar-refractivity contribution is 5.72. The van der Waals surface area contributed by atoms with Crippen molar-refractivity contribution in [2.24, 2.45) is 0 Å². The Kier molecular flexibility index (Phi) is 2.88. The van der Waals surface area contributed by atoms with Crippen LogP contribution in [-0.4, -0.2) is 17.1 Å². The first-order valence-corrected chi connectivity index (χ1v) is 4.91. The Balaban J connectivity index is 2.65. The summed E-state index contributed by atoms with van der Waals surface area (Å²) in [5, 5.41) is 8.93. The van der Waals surface area contributed by atoms with E-state index in [1.165, 1.54) is 7.11 Å². The van der Waals surface area contributed by atoms with E-state index in [0.29, 0.717) is 11.4 Å². The molecule has 5 nitrogen and oxygen atoms in total. The molecule has 0 fully saturated rings. The van der Waals surface area contributed by atoms with E-state index in [0.717, 1.165) is 11.1 Å². The number of nitrogens with two attached hydrogens (primary N) is 1. The van der Waals surface area contributed by atoms with Crippen molar-refractivity contribution >= 4 is 5.82 Å². The average molecular weight is 226 g/mol. The van der Waals surface area contributed by atoms with Gasteiger partial charge in [0.05, 0.1) is 12.7 Å². The largest absolute Gasteiger partial charge is 0.480 e. The molecule has 0 saturated heterocycles. The molecule has 0 aliphatic carbocycles. The third-order valence-electron chi connectivity index (χ3n) is 2.32. The first kappa shape index (κ1) is 10.9. The normalized spacial score (nSPS) is 9.65. The van der Waals surface area contributed by atoms with Crippen molar-refractivity contribution in [2.45, 2.75) is 0 Å². The van der Waals surface area contributed by atoms with Gasteiger partial charge in [-0.2, -0.15) is 10.2 Å². The van der Waals surface area contributed by atoms with Gasteiger partial charge in [0.15, 0.2) is 0 Å². The van der Waals surface area contributed by atoms with Gasteiger partial charge in [0.25, 0.3) is 0 Å². The molecule has 2 aromatic heterocycles. The molecule has 0 radical (unpaired) electrons. The van der Waals surface area contributed by atoms with Crippen LogP contribution in [0, 0.1) is 11.3 Å². The molecule has 17 heavy (non-hydrogen) atoms. The average Bonchev–Trinajstić information content (AvgIpc) is 2.39. The third kappa shape index (κ3) is 2.01. The van der Waals surface area contributed by atoms with Crippen LogP contribution < -0.4 is 10.5 Å². The van der Waals surface area contributed by atoms with Crippen molar-refractivity contribution in [1.29, 1.82) is 5.26 Å². The number of hydrogen-bond donors (Lipinski definition) is 1. The molecule has 0 bridgehead atoms. The first-order valence-electron chi connectivity index (χ1n) is 4.91. The standard InChI is InChI=1S/C12H10N4O/c1-17-12-10(8-2-4-15-5-3-8)6-9(7-13)11(14)16-12/h2-6H,1H3,(H2,14,16). The molecule has 0 aliphatic heterocycles. The van der Waals surface area contributed by atoms with E-state index >= 15 is 0 Å². The Labute approximate surface area is 98.5 Å². The van der Waals surface area contributed by atoms with Crippen LogP contribution in [0.15, 0.2) is 30.6 Å². The number of nitriles is 1. The van der Waals surface area contributed by atoms with Crippen LogP contribution in [0.4, 0.5) is 5.82 Å². The van der Waals surface area contributed by atoms with Crippen molar-refractivity contribution in [3.63, 3.8) is 0 Å². The minimum absolute atomic E-state index is 0.169. The Hall–Kier alpha value is -2.61. The fraction of sp³-hybridized carbons (Fsp3) is 0.0833. The van der Waals surface area contributed by atoms with Gasteiger partial charge < -0.3 is 10.5 Å². The summed E-state index contributed by atoms with van der Waals surface area (Å²) in [6.45, 7) is 0. The van der Waals surface area contributed by atoms with Crippen molar-refractivity contribution in [1.82, 2.24) is 9.97 Å². The van der Waals surface area contributed by atoms with E-state index < -0.39 is 0 Å². The zero-order chi connectivity index (χ0) is 12.3. The molecule has 5 heteroatoms. The molecule has 0 saturated carbocycles. The van der Waals surface area contributed by atoms with Crippen LogP contribution in [0.5, 0.6) is 5.88 Å². The van der Waals surface area contributed by atoms with Crippen LogP contribution in [0.2, 0.25) is 0 Å². The molecule has 0 amide bonds. The summed E-state index contributed by atoms with van der Waals surface area (Å²) in [4.78, 5) is 7.99. The van der Waals surface area contributed by atoms with Gasteiger partial charge in [-0.25, -0.2) is 0 Å². The second kappa shape index (κ2) is 4.49. The summed E-state index contributed by atoms with van der Waals surface area (Å²) >= 11 is 0. The highest BCUT2D eigenvalue weighted by Crippen LogP contribution is 2.30. The van der Waals surface area contributed by atoms with Crippen LogP contribution in [0.1, 0.15) is 5.56 Å². The van der Waals surface area contributed by atoms with E-state index in [-0.39, 0.29) is 5.82 Å². The van der Waals surface area contributed by atoms with E-state index in [1.807, 2.05) is 18.2 Å². The Morgan fingerprint density at radius 2 is 2.06 bits per heavy atom. The topological polar surface area (TPSA) is 84.8 Å². The van der Waals surface area contributed by atoms with Gasteiger partial charge in [0, 0.05) is 18.0 Å². The maximum atomic E-state index is 8.93. The lowest BCUT2D eigenvalue weighted by Gasteiger charge is -2.09. The molecule has 0 unspecified atom stereocenters. The number of nitrogens with zero attached hydrogens (tertiary/aromatic N) is 3. The predicted octanol–water partition coefficient (Wildman–Crippen LogP) is 1.61. The second-order valence-corrected chi connectivity index (χ2v) is 3.33. The Morgan fingerprint density at radius 3 is 2.65 bits per heavy atom.